The summed E-state index contributed by atoms with van der Waals surface area (Å²) in [7, 11) is 0. The highest BCUT2D eigenvalue weighted by atomic mass is 35.5. The van der Waals surface area contributed by atoms with Gasteiger partial charge in [0.05, 0.1) is 12.3 Å². The van der Waals surface area contributed by atoms with Crippen molar-refractivity contribution in [2.75, 3.05) is 11.9 Å². The van der Waals surface area contributed by atoms with E-state index in [-0.39, 0.29) is 5.91 Å². The van der Waals surface area contributed by atoms with Gasteiger partial charge >= 0.3 is 0 Å². The van der Waals surface area contributed by atoms with Gasteiger partial charge in [-0.1, -0.05) is 37.1 Å². The Labute approximate surface area is 173 Å². The Morgan fingerprint density at radius 3 is 2.82 bits per heavy atom. The average Bonchev–Trinajstić information content (AvgIpc) is 3.16. The molecule has 0 bridgehead atoms. The second kappa shape index (κ2) is 10.1. The minimum Gasteiger partial charge on any atom is -0.494 e. The number of halogens is 1. The molecule has 28 heavy (non-hydrogen) atoms. The van der Waals surface area contributed by atoms with Crippen LogP contribution in [0.3, 0.4) is 0 Å². The van der Waals surface area contributed by atoms with Gasteiger partial charge in [0.1, 0.15) is 5.75 Å². The standard InChI is InChI=1S/C22H21ClN2O2S/c1-2-3-13-27-19-10-8-17(9-11-19)20-15-28-22(24-20)25-21(26)12-7-16-5-4-6-18(23)14-16/h4-12,14-15H,2-3,13H2,1H3,(H,24,25,26)/b12-7+. The minimum absolute atomic E-state index is 0.236. The van der Waals surface area contributed by atoms with Crippen molar-refractivity contribution in [3.63, 3.8) is 0 Å². The summed E-state index contributed by atoms with van der Waals surface area (Å²) in [6.45, 7) is 2.86. The molecule has 3 rings (SSSR count). The van der Waals surface area contributed by atoms with E-state index in [1.807, 2.05) is 41.8 Å². The summed E-state index contributed by atoms with van der Waals surface area (Å²) < 4.78 is 5.68. The molecule has 4 nitrogen and oxygen atoms in total. The topological polar surface area (TPSA) is 51.2 Å². The molecular formula is C22H21ClN2O2S. The van der Waals surface area contributed by atoms with E-state index < -0.39 is 0 Å². The van der Waals surface area contributed by atoms with E-state index in [0.29, 0.717) is 10.2 Å². The molecular weight excluding hydrogens is 392 g/mol. The maximum Gasteiger partial charge on any atom is 0.250 e. The molecule has 0 atom stereocenters. The van der Waals surface area contributed by atoms with Crippen LogP contribution in [0.4, 0.5) is 5.13 Å². The third-order valence-electron chi connectivity index (χ3n) is 3.93. The number of thiazole rings is 1. The predicted octanol–water partition coefficient (Wildman–Crippen LogP) is 6.29. The second-order valence-corrected chi connectivity index (χ2v) is 7.44. The summed E-state index contributed by atoms with van der Waals surface area (Å²) in [6, 6.07) is 15.1. The molecule has 1 amide bonds. The summed E-state index contributed by atoms with van der Waals surface area (Å²) in [4.78, 5) is 16.6. The first-order valence-corrected chi connectivity index (χ1v) is 10.3. The van der Waals surface area contributed by atoms with E-state index in [4.69, 9.17) is 16.3 Å². The van der Waals surface area contributed by atoms with Crippen LogP contribution >= 0.6 is 22.9 Å². The Balaban J connectivity index is 1.58. The van der Waals surface area contributed by atoms with Gasteiger partial charge in [-0.3, -0.25) is 10.1 Å². The third kappa shape index (κ3) is 5.94. The highest BCUT2D eigenvalue weighted by molar-refractivity contribution is 7.14. The summed E-state index contributed by atoms with van der Waals surface area (Å²) in [5.74, 6) is 0.618. The van der Waals surface area contributed by atoms with Gasteiger partial charge in [-0.25, -0.2) is 4.98 Å². The van der Waals surface area contributed by atoms with Crippen molar-refractivity contribution >= 4 is 40.1 Å². The number of ether oxygens (including phenoxy) is 1. The predicted molar refractivity (Wildman–Crippen MR) is 117 cm³/mol. The molecule has 0 aliphatic carbocycles. The highest BCUT2D eigenvalue weighted by Crippen LogP contribution is 2.26. The van der Waals surface area contributed by atoms with Gasteiger partial charge in [0.2, 0.25) is 5.91 Å². The second-order valence-electron chi connectivity index (χ2n) is 6.14. The van der Waals surface area contributed by atoms with Crippen LogP contribution in [0.5, 0.6) is 5.75 Å². The quantitative estimate of drug-likeness (QED) is 0.349. The van der Waals surface area contributed by atoms with Gasteiger partial charge in [0.15, 0.2) is 5.13 Å². The van der Waals surface area contributed by atoms with E-state index in [2.05, 4.69) is 17.2 Å². The molecule has 0 saturated carbocycles. The first-order chi connectivity index (χ1) is 13.6. The van der Waals surface area contributed by atoms with Crippen molar-refractivity contribution in [3.8, 4) is 17.0 Å². The van der Waals surface area contributed by atoms with Crippen LogP contribution in [0.25, 0.3) is 17.3 Å². The molecule has 0 aliphatic heterocycles. The van der Waals surface area contributed by atoms with Gasteiger partial charge < -0.3 is 4.74 Å². The van der Waals surface area contributed by atoms with Crippen LogP contribution in [0, 0.1) is 0 Å². The van der Waals surface area contributed by atoms with Crippen LogP contribution in [-0.2, 0) is 4.79 Å². The van der Waals surface area contributed by atoms with E-state index >= 15 is 0 Å². The molecule has 1 N–H and O–H groups in total. The van der Waals surface area contributed by atoms with E-state index in [1.54, 1.807) is 18.2 Å². The molecule has 144 valence electrons. The zero-order valence-electron chi connectivity index (χ0n) is 15.5. The fourth-order valence-electron chi connectivity index (χ4n) is 2.45. The fourth-order valence-corrected chi connectivity index (χ4v) is 3.37. The molecule has 1 aromatic heterocycles. The average molecular weight is 413 g/mol. The van der Waals surface area contributed by atoms with Crippen LogP contribution in [0.2, 0.25) is 5.02 Å². The van der Waals surface area contributed by atoms with E-state index in [9.17, 15) is 4.79 Å². The Kier molecular flexibility index (Phi) is 7.23. The minimum atomic E-state index is -0.236. The third-order valence-corrected chi connectivity index (χ3v) is 4.92. The van der Waals surface area contributed by atoms with Crippen LogP contribution < -0.4 is 10.1 Å². The number of amides is 1. The summed E-state index contributed by atoms with van der Waals surface area (Å²) in [6.07, 6.45) is 5.34. The Hall–Kier alpha value is -2.63. The molecule has 0 saturated heterocycles. The Morgan fingerprint density at radius 2 is 2.07 bits per heavy atom. The molecule has 6 heteroatoms. The van der Waals surface area contributed by atoms with Gasteiger partial charge in [-0.15, -0.1) is 11.3 Å². The summed E-state index contributed by atoms with van der Waals surface area (Å²) >= 11 is 7.33. The van der Waals surface area contributed by atoms with Gasteiger partial charge in [0.25, 0.3) is 0 Å². The molecule has 3 aromatic rings. The number of benzene rings is 2. The van der Waals surface area contributed by atoms with Crippen molar-refractivity contribution in [1.82, 2.24) is 4.98 Å². The molecule has 2 aromatic carbocycles. The number of hydrogen-bond donors (Lipinski definition) is 1. The fraction of sp³-hybridized carbons (Fsp3) is 0.182. The van der Waals surface area contributed by atoms with Gasteiger partial charge in [-0.2, -0.15) is 0 Å². The Morgan fingerprint density at radius 1 is 1.25 bits per heavy atom. The number of rotatable bonds is 8. The smallest absolute Gasteiger partial charge is 0.250 e. The van der Waals surface area contributed by atoms with Gasteiger partial charge in [0, 0.05) is 22.0 Å². The van der Waals surface area contributed by atoms with Gasteiger partial charge in [-0.05, 0) is 54.5 Å². The SMILES string of the molecule is CCCCOc1ccc(-c2csc(NC(=O)/C=C/c3cccc(Cl)c3)n2)cc1. The lowest BCUT2D eigenvalue weighted by Gasteiger charge is -2.05. The number of carbonyl (C=O) groups excluding carboxylic acids is 1. The number of nitrogens with zero attached hydrogens (tertiary/aromatic N) is 1. The van der Waals surface area contributed by atoms with Crippen LogP contribution in [0.1, 0.15) is 25.3 Å². The lowest BCUT2D eigenvalue weighted by atomic mass is 10.2. The number of nitrogens with one attached hydrogen (secondary N) is 1. The maximum absolute atomic E-state index is 12.1. The number of unbranched alkanes of at least 4 members (excludes halogenated alkanes) is 1. The normalized spacial score (nSPS) is 10.9. The largest absolute Gasteiger partial charge is 0.494 e. The molecule has 0 unspecified atom stereocenters. The number of carbonyl (C=O) groups is 1. The molecule has 0 radical (unpaired) electrons. The van der Waals surface area contributed by atoms with Crippen molar-refractivity contribution in [2.45, 2.75) is 19.8 Å². The van der Waals surface area contributed by atoms with Crippen molar-refractivity contribution in [1.29, 1.82) is 0 Å². The number of aromatic nitrogens is 1. The first kappa shape index (κ1) is 20.1. The number of hydrogen-bond acceptors (Lipinski definition) is 4. The molecule has 0 fully saturated rings. The molecule has 0 spiro atoms. The molecule has 0 aliphatic rings. The lowest BCUT2D eigenvalue weighted by Crippen LogP contribution is -2.07. The zero-order valence-corrected chi connectivity index (χ0v) is 17.1. The number of anilines is 1. The van der Waals surface area contributed by atoms with Crippen molar-refractivity contribution < 1.29 is 9.53 Å². The van der Waals surface area contributed by atoms with Crippen LogP contribution in [-0.4, -0.2) is 17.5 Å². The van der Waals surface area contributed by atoms with E-state index in [1.165, 1.54) is 17.4 Å². The van der Waals surface area contributed by atoms with Crippen molar-refractivity contribution in [2.24, 2.45) is 0 Å². The zero-order chi connectivity index (χ0) is 19.8. The monoisotopic (exact) mass is 412 g/mol. The summed E-state index contributed by atoms with van der Waals surface area (Å²) in [5, 5.41) is 5.89. The molecule has 1 heterocycles. The lowest BCUT2D eigenvalue weighted by molar-refractivity contribution is -0.111. The van der Waals surface area contributed by atoms with Crippen molar-refractivity contribution in [3.05, 3.63) is 70.6 Å². The maximum atomic E-state index is 12.1. The first-order valence-electron chi connectivity index (χ1n) is 9.07. The highest BCUT2D eigenvalue weighted by Gasteiger charge is 2.07. The van der Waals surface area contributed by atoms with Crippen LogP contribution in [0.15, 0.2) is 60.0 Å². The Bertz CT molecular complexity index is 951. The van der Waals surface area contributed by atoms with E-state index in [0.717, 1.165) is 42.0 Å². The summed E-state index contributed by atoms with van der Waals surface area (Å²) in [5.41, 5.74) is 2.66.